The van der Waals surface area contributed by atoms with Crippen molar-refractivity contribution in [2.75, 3.05) is 25.1 Å². The highest BCUT2D eigenvalue weighted by Gasteiger charge is 2.42. The molecule has 0 bridgehead atoms. The highest BCUT2D eigenvalue weighted by molar-refractivity contribution is 5.72. The van der Waals surface area contributed by atoms with Crippen LogP contribution in [0.15, 0.2) is 36.4 Å². The second-order valence-electron chi connectivity index (χ2n) is 11.5. The van der Waals surface area contributed by atoms with E-state index in [1.54, 1.807) is 0 Å². The van der Waals surface area contributed by atoms with E-state index in [9.17, 15) is 40.3 Å². The third-order valence-corrected chi connectivity index (χ3v) is 8.29. The molecule has 2 atom stereocenters. The molecule has 1 aliphatic carbocycles. The fourth-order valence-electron chi connectivity index (χ4n) is 6.12. The first-order valence-corrected chi connectivity index (χ1v) is 14.7. The maximum atomic E-state index is 14.2. The Morgan fingerprint density at radius 3 is 2.33 bits per heavy atom. The lowest BCUT2D eigenvalue weighted by molar-refractivity contribution is -0.274. The van der Waals surface area contributed by atoms with Gasteiger partial charge < -0.3 is 19.1 Å². The Bertz CT molecular complexity index is 1360. The van der Waals surface area contributed by atoms with Crippen LogP contribution in [0.25, 0.3) is 0 Å². The number of nitrogens with zero attached hydrogens (tertiary/aromatic N) is 2. The molecule has 4 rings (SSSR count). The maximum absolute atomic E-state index is 14.2. The highest BCUT2D eigenvalue weighted by atomic mass is 19.4. The summed E-state index contributed by atoms with van der Waals surface area (Å²) < 4.78 is 108. The number of carbonyl (C=O) groups excluding carboxylic acids is 2. The van der Waals surface area contributed by atoms with Crippen LogP contribution in [-0.2, 0) is 27.0 Å². The van der Waals surface area contributed by atoms with E-state index in [1.165, 1.54) is 37.1 Å². The summed E-state index contributed by atoms with van der Waals surface area (Å²) >= 11 is 0. The highest BCUT2D eigenvalue weighted by Crippen LogP contribution is 2.40. The van der Waals surface area contributed by atoms with Crippen LogP contribution in [0.3, 0.4) is 0 Å². The van der Waals surface area contributed by atoms with Gasteiger partial charge in [-0.1, -0.05) is 6.92 Å². The molecule has 0 aromatic heterocycles. The van der Waals surface area contributed by atoms with Crippen LogP contribution in [0, 0.1) is 17.7 Å². The van der Waals surface area contributed by atoms with Gasteiger partial charge in [-0.05, 0) is 92.5 Å². The largest absolute Gasteiger partial charge is 0.573 e. The second kappa shape index (κ2) is 13.7. The van der Waals surface area contributed by atoms with Crippen molar-refractivity contribution in [3.63, 3.8) is 0 Å². The Morgan fingerprint density at radius 1 is 1.04 bits per heavy atom. The third-order valence-electron chi connectivity index (χ3n) is 8.29. The Kier molecular flexibility index (Phi) is 10.4. The number of cyclic esters (lactones) is 1. The van der Waals surface area contributed by atoms with Gasteiger partial charge in [-0.25, -0.2) is 9.18 Å². The predicted octanol–water partition coefficient (Wildman–Crippen LogP) is 8.02. The van der Waals surface area contributed by atoms with Gasteiger partial charge in [0.15, 0.2) is 0 Å². The van der Waals surface area contributed by atoms with Gasteiger partial charge in [0.1, 0.15) is 17.7 Å². The van der Waals surface area contributed by atoms with E-state index in [0.717, 1.165) is 18.9 Å². The first-order valence-electron chi connectivity index (χ1n) is 14.7. The second-order valence-corrected chi connectivity index (χ2v) is 11.5. The van der Waals surface area contributed by atoms with Crippen molar-refractivity contribution < 1.29 is 54.5 Å². The summed E-state index contributed by atoms with van der Waals surface area (Å²) in [6, 6.07) is 4.85. The topological polar surface area (TPSA) is 68.3 Å². The first kappa shape index (κ1) is 34.2. The Morgan fingerprint density at radius 2 is 1.73 bits per heavy atom. The molecule has 2 fully saturated rings. The summed E-state index contributed by atoms with van der Waals surface area (Å²) in [5, 5.41) is 0. The first-order chi connectivity index (χ1) is 21.1. The lowest BCUT2D eigenvalue weighted by Crippen LogP contribution is -2.36. The van der Waals surface area contributed by atoms with Gasteiger partial charge in [-0.3, -0.25) is 9.69 Å². The quantitative estimate of drug-likeness (QED) is 0.192. The molecule has 0 N–H and O–H groups in total. The van der Waals surface area contributed by atoms with Crippen molar-refractivity contribution in [2.45, 2.75) is 77.2 Å². The van der Waals surface area contributed by atoms with Crippen LogP contribution >= 0.6 is 0 Å². The zero-order chi connectivity index (χ0) is 33.1. The lowest BCUT2D eigenvalue weighted by Gasteiger charge is -2.35. The number of benzene rings is 2. The molecule has 14 heteroatoms. The number of amides is 1. The van der Waals surface area contributed by atoms with Gasteiger partial charge in [-0.2, -0.15) is 13.2 Å². The number of ether oxygens (including phenoxy) is 3. The Labute approximate surface area is 256 Å². The monoisotopic (exact) mass is 648 g/mol. The van der Waals surface area contributed by atoms with Crippen LogP contribution in [0.4, 0.5) is 41.2 Å². The van der Waals surface area contributed by atoms with Crippen molar-refractivity contribution in [1.29, 1.82) is 0 Å². The molecule has 1 amide bonds. The van der Waals surface area contributed by atoms with Crippen LogP contribution < -0.4 is 9.64 Å². The maximum Gasteiger partial charge on any atom is 0.573 e. The zero-order valence-electron chi connectivity index (χ0n) is 25.0. The number of methoxy groups -OCH3 is 1. The molecule has 1 heterocycles. The van der Waals surface area contributed by atoms with E-state index in [-0.39, 0.29) is 29.9 Å². The number of alkyl halides is 6. The van der Waals surface area contributed by atoms with E-state index in [2.05, 4.69) is 4.74 Å². The summed E-state index contributed by atoms with van der Waals surface area (Å²) in [5.41, 5.74) is -0.590. The standard InChI is InChI=1S/C31H35F7N2O5/c1-4-11-39(16-19-5-7-20(8-6-19)28(41)43-3)26-10-9-25(45-31(36,37)38)14-22(26)17-40-18(2)27(44-29(40)42)21-12-23(30(33,34)35)15-24(32)13-21/h9-10,12-15,18-20,27H,4-8,11,16-17H2,1-3H3/t18-,19-,20-,27-/m0/s1. The van der Waals surface area contributed by atoms with E-state index in [1.807, 2.05) is 11.8 Å². The van der Waals surface area contributed by atoms with E-state index in [4.69, 9.17) is 9.47 Å². The molecule has 2 aromatic rings. The molecule has 2 aromatic carbocycles. The van der Waals surface area contributed by atoms with Crippen molar-refractivity contribution in [3.05, 3.63) is 58.9 Å². The Balaban J connectivity index is 1.62. The van der Waals surface area contributed by atoms with Crippen LogP contribution in [0.5, 0.6) is 5.75 Å². The molecule has 0 unspecified atom stereocenters. The molecule has 0 radical (unpaired) electrons. The molecule has 1 aliphatic heterocycles. The van der Waals surface area contributed by atoms with Gasteiger partial charge in [0.05, 0.1) is 31.2 Å². The lowest BCUT2D eigenvalue weighted by atomic mass is 9.81. The van der Waals surface area contributed by atoms with Gasteiger partial charge in [0.25, 0.3) is 0 Å². The minimum atomic E-state index is -4.97. The van der Waals surface area contributed by atoms with Gasteiger partial charge >= 0.3 is 24.6 Å². The summed E-state index contributed by atoms with van der Waals surface area (Å²) in [6.45, 7) is 4.28. The van der Waals surface area contributed by atoms with Crippen molar-refractivity contribution in [3.8, 4) is 5.75 Å². The van der Waals surface area contributed by atoms with Crippen LogP contribution in [0.1, 0.15) is 68.7 Å². The van der Waals surface area contributed by atoms with Crippen molar-refractivity contribution in [1.82, 2.24) is 4.90 Å². The molecular formula is C31H35F7N2O5. The van der Waals surface area contributed by atoms with Gasteiger partial charge in [0, 0.05) is 18.8 Å². The average molecular weight is 649 g/mol. The van der Waals surface area contributed by atoms with E-state index in [0.29, 0.717) is 55.7 Å². The summed E-state index contributed by atoms with van der Waals surface area (Å²) in [6.07, 6.45) is -8.50. The van der Waals surface area contributed by atoms with E-state index < -0.39 is 47.9 Å². The number of anilines is 1. The molecule has 45 heavy (non-hydrogen) atoms. The van der Waals surface area contributed by atoms with Crippen molar-refractivity contribution >= 4 is 17.7 Å². The predicted molar refractivity (Wildman–Crippen MR) is 149 cm³/mol. The molecule has 1 saturated heterocycles. The number of hydrogen-bond acceptors (Lipinski definition) is 6. The summed E-state index contributed by atoms with van der Waals surface area (Å²) in [4.78, 5) is 28.2. The smallest absolute Gasteiger partial charge is 0.469 e. The van der Waals surface area contributed by atoms with Crippen LogP contribution in [0.2, 0.25) is 0 Å². The number of rotatable bonds is 10. The fourth-order valence-corrected chi connectivity index (χ4v) is 6.12. The SMILES string of the molecule is CCCN(C[C@H]1CC[C@H](C(=O)OC)CC1)c1ccc(OC(F)(F)F)cc1CN1C(=O)O[C@H](c2cc(F)cc(C(F)(F)F)c2)[C@@H]1C. The Hall–Kier alpha value is -3.71. The molecule has 248 valence electrons. The third kappa shape index (κ3) is 8.51. The molecule has 0 spiro atoms. The number of carbonyl (C=O) groups is 2. The normalized spacial score (nSPS) is 22.3. The molecular weight excluding hydrogens is 613 g/mol. The number of halogens is 7. The van der Waals surface area contributed by atoms with Crippen molar-refractivity contribution in [2.24, 2.45) is 11.8 Å². The van der Waals surface area contributed by atoms with Crippen LogP contribution in [-0.4, -0.2) is 49.6 Å². The zero-order valence-corrected chi connectivity index (χ0v) is 25.0. The molecule has 2 aliphatic rings. The minimum absolute atomic E-state index is 0.179. The fraction of sp³-hybridized carbons (Fsp3) is 0.548. The van der Waals surface area contributed by atoms with Gasteiger partial charge in [0.2, 0.25) is 0 Å². The van der Waals surface area contributed by atoms with Gasteiger partial charge in [-0.15, -0.1) is 13.2 Å². The summed E-state index contributed by atoms with van der Waals surface area (Å²) in [7, 11) is 1.35. The number of hydrogen-bond donors (Lipinski definition) is 0. The minimum Gasteiger partial charge on any atom is -0.469 e. The molecule has 1 saturated carbocycles. The van der Waals surface area contributed by atoms with E-state index >= 15 is 0 Å². The average Bonchev–Trinajstić information content (AvgIpc) is 3.24. The molecule has 7 nitrogen and oxygen atoms in total. The number of esters is 1. The summed E-state index contributed by atoms with van der Waals surface area (Å²) in [5.74, 6) is -1.91.